The molecule has 1 atom stereocenters. The highest BCUT2D eigenvalue weighted by Gasteiger charge is 2.09. The molecule has 1 aromatic carbocycles. The Bertz CT molecular complexity index is 519. The molecule has 17 heavy (non-hydrogen) atoms. The van der Waals surface area contributed by atoms with E-state index in [1.165, 1.54) is 12.1 Å². The summed E-state index contributed by atoms with van der Waals surface area (Å²) in [5, 5.41) is 0. The lowest BCUT2D eigenvalue weighted by molar-refractivity contribution is 0.221. The van der Waals surface area contributed by atoms with Gasteiger partial charge in [0.1, 0.15) is 17.7 Å². The van der Waals surface area contributed by atoms with E-state index in [4.69, 9.17) is 10.5 Å². The largest absolute Gasteiger partial charge is 0.484 e. The van der Waals surface area contributed by atoms with E-state index < -0.39 is 0 Å². The van der Waals surface area contributed by atoms with E-state index >= 15 is 0 Å². The van der Waals surface area contributed by atoms with Crippen molar-refractivity contribution in [3.05, 3.63) is 48.0 Å². The Hall–Kier alpha value is -2.17. The number of rotatable bonds is 3. The van der Waals surface area contributed by atoms with Crippen LogP contribution in [0.2, 0.25) is 0 Å². The SMILES string of the molecule is C[C@@H](Oc1cccc(F)c1)c1ccnc(N)n1. The lowest BCUT2D eigenvalue weighted by Gasteiger charge is -2.14. The molecular weight excluding hydrogens is 221 g/mol. The van der Waals surface area contributed by atoms with Crippen molar-refractivity contribution in [2.45, 2.75) is 13.0 Å². The molecule has 0 saturated carbocycles. The van der Waals surface area contributed by atoms with Crippen molar-refractivity contribution in [1.29, 1.82) is 0 Å². The molecule has 4 nitrogen and oxygen atoms in total. The van der Waals surface area contributed by atoms with Crippen molar-refractivity contribution in [3.8, 4) is 5.75 Å². The van der Waals surface area contributed by atoms with E-state index in [9.17, 15) is 4.39 Å². The smallest absolute Gasteiger partial charge is 0.220 e. The summed E-state index contributed by atoms with van der Waals surface area (Å²) in [6.45, 7) is 1.81. The second-order valence-corrected chi connectivity index (χ2v) is 3.56. The van der Waals surface area contributed by atoms with Gasteiger partial charge in [0.2, 0.25) is 5.95 Å². The van der Waals surface area contributed by atoms with Crippen LogP contribution in [0.1, 0.15) is 18.7 Å². The predicted octanol–water partition coefficient (Wildman–Crippen LogP) is 2.34. The number of nitrogens with zero attached hydrogens (tertiary/aromatic N) is 2. The lowest BCUT2D eigenvalue weighted by Crippen LogP contribution is -2.07. The molecular formula is C12H12FN3O. The third-order valence-corrected chi connectivity index (χ3v) is 2.22. The van der Waals surface area contributed by atoms with Crippen LogP contribution in [-0.4, -0.2) is 9.97 Å². The number of halogens is 1. The second kappa shape index (κ2) is 4.78. The summed E-state index contributed by atoms with van der Waals surface area (Å²) in [7, 11) is 0. The quantitative estimate of drug-likeness (QED) is 0.883. The number of ether oxygens (including phenoxy) is 1. The van der Waals surface area contributed by atoms with Gasteiger partial charge in [-0.3, -0.25) is 0 Å². The van der Waals surface area contributed by atoms with E-state index in [0.717, 1.165) is 0 Å². The maximum absolute atomic E-state index is 13.0. The van der Waals surface area contributed by atoms with Crippen molar-refractivity contribution in [3.63, 3.8) is 0 Å². The van der Waals surface area contributed by atoms with Gasteiger partial charge in [-0.1, -0.05) is 6.07 Å². The molecule has 1 aromatic heterocycles. The van der Waals surface area contributed by atoms with Gasteiger partial charge in [-0.2, -0.15) is 0 Å². The highest BCUT2D eigenvalue weighted by Crippen LogP contribution is 2.20. The standard InChI is InChI=1S/C12H12FN3O/c1-8(11-5-6-15-12(14)16-11)17-10-4-2-3-9(13)7-10/h2-8H,1H3,(H2,14,15,16)/t8-/m1/s1. The Morgan fingerprint density at radius 3 is 2.88 bits per heavy atom. The zero-order valence-corrected chi connectivity index (χ0v) is 9.30. The van der Waals surface area contributed by atoms with Gasteiger partial charge >= 0.3 is 0 Å². The highest BCUT2D eigenvalue weighted by atomic mass is 19.1. The molecule has 2 rings (SSSR count). The van der Waals surface area contributed by atoms with E-state index in [1.807, 2.05) is 6.92 Å². The molecule has 0 radical (unpaired) electrons. The number of hydrogen-bond donors (Lipinski definition) is 1. The van der Waals surface area contributed by atoms with Gasteiger partial charge in [-0.15, -0.1) is 0 Å². The Kier molecular flexibility index (Phi) is 3.18. The molecule has 0 fully saturated rings. The molecule has 0 unspecified atom stereocenters. The summed E-state index contributed by atoms with van der Waals surface area (Å²) in [4.78, 5) is 7.83. The molecule has 5 heteroatoms. The van der Waals surface area contributed by atoms with E-state index in [2.05, 4.69) is 9.97 Å². The molecule has 0 spiro atoms. The highest BCUT2D eigenvalue weighted by molar-refractivity contribution is 5.24. The summed E-state index contributed by atoms with van der Waals surface area (Å²) in [5.41, 5.74) is 6.13. The molecule has 0 amide bonds. The fourth-order valence-electron chi connectivity index (χ4n) is 1.42. The fraction of sp³-hybridized carbons (Fsp3) is 0.167. The first kappa shape index (κ1) is 11.3. The van der Waals surface area contributed by atoms with Crippen LogP contribution in [0.15, 0.2) is 36.5 Å². The third kappa shape index (κ3) is 2.90. The summed E-state index contributed by atoms with van der Waals surface area (Å²) in [5.74, 6) is 0.309. The average Bonchev–Trinajstić information content (AvgIpc) is 2.29. The van der Waals surface area contributed by atoms with E-state index in [0.29, 0.717) is 11.4 Å². The summed E-state index contributed by atoms with van der Waals surface area (Å²) in [6, 6.07) is 7.66. The molecule has 2 aromatic rings. The van der Waals surface area contributed by atoms with Crippen molar-refractivity contribution >= 4 is 5.95 Å². The van der Waals surface area contributed by atoms with Crippen LogP contribution in [0.3, 0.4) is 0 Å². The van der Waals surface area contributed by atoms with Crippen LogP contribution < -0.4 is 10.5 Å². The maximum atomic E-state index is 13.0. The number of hydrogen-bond acceptors (Lipinski definition) is 4. The minimum absolute atomic E-state index is 0.192. The van der Waals surface area contributed by atoms with Crippen LogP contribution in [0, 0.1) is 5.82 Å². The lowest BCUT2D eigenvalue weighted by atomic mass is 10.2. The average molecular weight is 233 g/mol. The number of nitrogens with two attached hydrogens (primary N) is 1. The number of benzene rings is 1. The van der Waals surface area contributed by atoms with Crippen LogP contribution in [0.5, 0.6) is 5.75 Å². The van der Waals surface area contributed by atoms with Gasteiger partial charge in [0.15, 0.2) is 0 Å². The van der Waals surface area contributed by atoms with Crippen LogP contribution in [0.25, 0.3) is 0 Å². The zero-order chi connectivity index (χ0) is 12.3. The number of nitrogen functional groups attached to an aromatic ring is 1. The first-order valence-corrected chi connectivity index (χ1v) is 5.16. The Balaban J connectivity index is 2.14. The first-order chi connectivity index (χ1) is 8.15. The molecule has 0 aliphatic heterocycles. The monoisotopic (exact) mass is 233 g/mol. The van der Waals surface area contributed by atoms with Gasteiger partial charge in [0.05, 0.1) is 5.69 Å². The molecule has 0 aliphatic rings. The van der Waals surface area contributed by atoms with Crippen LogP contribution in [-0.2, 0) is 0 Å². The van der Waals surface area contributed by atoms with Gasteiger partial charge in [-0.05, 0) is 25.1 Å². The Morgan fingerprint density at radius 1 is 1.35 bits per heavy atom. The molecule has 1 heterocycles. The summed E-state index contributed by atoms with van der Waals surface area (Å²) < 4.78 is 18.5. The van der Waals surface area contributed by atoms with Crippen LogP contribution in [0.4, 0.5) is 10.3 Å². The van der Waals surface area contributed by atoms with Crippen molar-refractivity contribution in [1.82, 2.24) is 9.97 Å². The molecule has 2 N–H and O–H groups in total. The fourth-order valence-corrected chi connectivity index (χ4v) is 1.42. The van der Waals surface area contributed by atoms with Gasteiger partial charge in [0.25, 0.3) is 0 Å². The summed E-state index contributed by atoms with van der Waals surface area (Å²) >= 11 is 0. The van der Waals surface area contributed by atoms with Gasteiger partial charge in [-0.25, -0.2) is 14.4 Å². The minimum atomic E-state index is -0.336. The topological polar surface area (TPSA) is 61.0 Å². The molecule has 88 valence electrons. The minimum Gasteiger partial charge on any atom is -0.484 e. The third-order valence-electron chi connectivity index (χ3n) is 2.22. The Labute approximate surface area is 98.3 Å². The number of anilines is 1. The van der Waals surface area contributed by atoms with Crippen molar-refractivity contribution in [2.24, 2.45) is 0 Å². The second-order valence-electron chi connectivity index (χ2n) is 3.56. The molecule has 0 saturated heterocycles. The molecule has 0 bridgehead atoms. The van der Waals surface area contributed by atoms with E-state index in [-0.39, 0.29) is 17.9 Å². The Morgan fingerprint density at radius 2 is 2.18 bits per heavy atom. The number of aromatic nitrogens is 2. The van der Waals surface area contributed by atoms with Crippen LogP contribution >= 0.6 is 0 Å². The van der Waals surface area contributed by atoms with Crippen molar-refractivity contribution in [2.75, 3.05) is 5.73 Å². The molecule has 0 aliphatic carbocycles. The van der Waals surface area contributed by atoms with Gasteiger partial charge in [0, 0.05) is 12.3 Å². The van der Waals surface area contributed by atoms with Gasteiger partial charge < -0.3 is 10.5 Å². The van der Waals surface area contributed by atoms with Crippen molar-refractivity contribution < 1.29 is 9.13 Å². The summed E-state index contributed by atoms with van der Waals surface area (Å²) in [6.07, 6.45) is 1.24. The first-order valence-electron chi connectivity index (χ1n) is 5.16. The predicted molar refractivity (Wildman–Crippen MR) is 61.9 cm³/mol. The maximum Gasteiger partial charge on any atom is 0.220 e. The normalized spacial score (nSPS) is 12.1. The van der Waals surface area contributed by atoms with E-state index in [1.54, 1.807) is 24.4 Å². The zero-order valence-electron chi connectivity index (χ0n) is 9.30.